The number of amides is 2. The lowest BCUT2D eigenvalue weighted by molar-refractivity contribution is -0.152. The SMILES string of the molecule is C=C1CC2CC(C(=O)N(C(C)C)C(C)C)(C1)N(Cc1ccccc1)C2=O. The van der Waals surface area contributed by atoms with Crippen molar-refractivity contribution in [2.75, 3.05) is 0 Å². The molecule has 0 radical (unpaired) electrons. The average molecular weight is 354 g/mol. The molecule has 26 heavy (non-hydrogen) atoms. The molecule has 2 aliphatic rings. The topological polar surface area (TPSA) is 40.6 Å². The maximum absolute atomic E-state index is 13.7. The van der Waals surface area contributed by atoms with Crippen LogP contribution < -0.4 is 0 Å². The fourth-order valence-corrected chi connectivity index (χ4v) is 4.78. The molecular formula is C22H30N2O2. The van der Waals surface area contributed by atoms with E-state index in [9.17, 15) is 9.59 Å². The van der Waals surface area contributed by atoms with Crippen LogP contribution in [0.25, 0.3) is 0 Å². The highest BCUT2D eigenvalue weighted by Crippen LogP contribution is 2.48. The van der Waals surface area contributed by atoms with Crippen LogP contribution in [-0.2, 0) is 16.1 Å². The number of hydrogen-bond donors (Lipinski definition) is 0. The first-order valence-electron chi connectivity index (χ1n) is 9.61. The maximum atomic E-state index is 13.7. The van der Waals surface area contributed by atoms with Gasteiger partial charge < -0.3 is 9.80 Å². The summed E-state index contributed by atoms with van der Waals surface area (Å²) in [5.41, 5.74) is 1.30. The van der Waals surface area contributed by atoms with E-state index in [0.29, 0.717) is 25.8 Å². The van der Waals surface area contributed by atoms with Crippen molar-refractivity contribution in [1.29, 1.82) is 0 Å². The molecule has 1 saturated heterocycles. The zero-order valence-electron chi connectivity index (χ0n) is 16.4. The summed E-state index contributed by atoms with van der Waals surface area (Å²) in [6.07, 6.45) is 1.91. The van der Waals surface area contributed by atoms with Gasteiger partial charge in [0.15, 0.2) is 0 Å². The van der Waals surface area contributed by atoms with Crippen molar-refractivity contribution in [2.45, 2.75) is 71.1 Å². The lowest BCUT2D eigenvalue weighted by atomic mass is 9.76. The second-order valence-corrected chi connectivity index (χ2v) is 8.37. The van der Waals surface area contributed by atoms with Crippen LogP contribution in [-0.4, -0.2) is 39.2 Å². The zero-order valence-corrected chi connectivity index (χ0v) is 16.4. The molecule has 4 heteroatoms. The summed E-state index contributed by atoms with van der Waals surface area (Å²) in [7, 11) is 0. The van der Waals surface area contributed by atoms with Gasteiger partial charge in [0, 0.05) is 31.0 Å². The summed E-state index contributed by atoms with van der Waals surface area (Å²) in [5.74, 6) is 0.0773. The predicted octanol–water partition coefficient (Wildman–Crippen LogP) is 3.77. The van der Waals surface area contributed by atoms with Crippen molar-refractivity contribution in [3.05, 3.63) is 48.0 Å². The van der Waals surface area contributed by atoms with Gasteiger partial charge in [0.05, 0.1) is 0 Å². The van der Waals surface area contributed by atoms with Gasteiger partial charge in [0.2, 0.25) is 11.8 Å². The van der Waals surface area contributed by atoms with E-state index in [1.54, 1.807) is 0 Å². The number of hydrogen-bond acceptors (Lipinski definition) is 2. The average Bonchev–Trinajstić information content (AvgIpc) is 2.76. The van der Waals surface area contributed by atoms with Crippen LogP contribution in [0.5, 0.6) is 0 Å². The largest absolute Gasteiger partial charge is 0.336 e. The molecular weight excluding hydrogens is 324 g/mol. The Labute approximate surface area is 156 Å². The fraction of sp³-hybridized carbons (Fsp3) is 0.545. The van der Waals surface area contributed by atoms with Crippen molar-refractivity contribution >= 4 is 11.8 Å². The minimum atomic E-state index is -0.776. The van der Waals surface area contributed by atoms with E-state index >= 15 is 0 Å². The second-order valence-electron chi connectivity index (χ2n) is 8.37. The minimum absolute atomic E-state index is 0.0788. The molecule has 1 aromatic rings. The Bertz CT molecular complexity index is 702. The third-order valence-electron chi connectivity index (χ3n) is 5.72. The fourth-order valence-electron chi connectivity index (χ4n) is 4.78. The molecule has 2 bridgehead atoms. The highest BCUT2D eigenvalue weighted by Gasteiger charge is 2.59. The van der Waals surface area contributed by atoms with Crippen LogP contribution in [0.2, 0.25) is 0 Å². The van der Waals surface area contributed by atoms with E-state index in [-0.39, 0.29) is 29.8 Å². The molecule has 4 nitrogen and oxygen atoms in total. The third-order valence-corrected chi connectivity index (χ3v) is 5.72. The summed E-state index contributed by atoms with van der Waals surface area (Å²) >= 11 is 0. The van der Waals surface area contributed by atoms with E-state index in [0.717, 1.165) is 11.1 Å². The zero-order chi connectivity index (χ0) is 19.1. The Kier molecular flexibility index (Phi) is 4.96. The molecule has 1 saturated carbocycles. The van der Waals surface area contributed by atoms with E-state index < -0.39 is 5.54 Å². The van der Waals surface area contributed by atoms with Crippen LogP contribution in [0.15, 0.2) is 42.5 Å². The minimum Gasteiger partial charge on any atom is -0.336 e. The summed E-state index contributed by atoms with van der Waals surface area (Å²) < 4.78 is 0. The van der Waals surface area contributed by atoms with Crippen molar-refractivity contribution < 1.29 is 9.59 Å². The van der Waals surface area contributed by atoms with E-state index in [1.807, 2.05) is 67.8 Å². The number of nitrogens with zero attached hydrogens (tertiary/aromatic N) is 2. The van der Waals surface area contributed by atoms with Gasteiger partial charge in [-0.3, -0.25) is 9.59 Å². The molecule has 2 unspecified atom stereocenters. The Morgan fingerprint density at radius 2 is 1.85 bits per heavy atom. The molecule has 140 valence electrons. The van der Waals surface area contributed by atoms with Gasteiger partial charge in [-0.2, -0.15) is 0 Å². The first-order valence-corrected chi connectivity index (χ1v) is 9.61. The summed E-state index contributed by atoms with van der Waals surface area (Å²) in [5, 5.41) is 0. The first kappa shape index (κ1) is 18.7. The normalized spacial score (nSPS) is 25.3. The summed E-state index contributed by atoms with van der Waals surface area (Å²) in [6, 6.07) is 10.2. The molecule has 0 aromatic heterocycles. The number of carbonyl (C=O) groups excluding carboxylic acids is 2. The number of benzene rings is 1. The van der Waals surface area contributed by atoms with Gasteiger partial charge in [0.1, 0.15) is 5.54 Å². The van der Waals surface area contributed by atoms with E-state index in [4.69, 9.17) is 0 Å². The maximum Gasteiger partial charge on any atom is 0.249 e. The van der Waals surface area contributed by atoms with Gasteiger partial charge in [-0.05, 0) is 46.1 Å². The molecule has 2 fully saturated rings. The van der Waals surface area contributed by atoms with Gasteiger partial charge in [0.25, 0.3) is 0 Å². The van der Waals surface area contributed by atoms with Gasteiger partial charge in [-0.25, -0.2) is 0 Å². The number of likely N-dealkylation sites (tertiary alicyclic amines) is 1. The Morgan fingerprint density at radius 1 is 1.23 bits per heavy atom. The van der Waals surface area contributed by atoms with Crippen LogP contribution in [0.1, 0.15) is 52.5 Å². The smallest absolute Gasteiger partial charge is 0.249 e. The number of carbonyl (C=O) groups is 2. The summed E-state index contributed by atoms with van der Waals surface area (Å²) in [4.78, 5) is 30.7. The van der Waals surface area contributed by atoms with Crippen LogP contribution in [0.3, 0.4) is 0 Å². The molecule has 1 heterocycles. The molecule has 1 aromatic carbocycles. The van der Waals surface area contributed by atoms with Crippen LogP contribution >= 0.6 is 0 Å². The Balaban J connectivity index is 2.02. The van der Waals surface area contributed by atoms with Gasteiger partial charge in [-0.15, -0.1) is 0 Å². The number of rotatable bonds is 5. The number of fused-ring (bicyclic) bond motifs is 2. The second kappa shape index (κ2) is 6.90. The molecule has 1 aliphatic heterocycles. The molecule has 0 spiro atoms. The van der Waals surface area contributed by atoms with Crippen molar-refractivity contribution in [2.24, 2.45) is 5.92 Å². The Morgan fingerprint density at radius 3 is 2.42 bits per heavy atom. The molecule has 2 amide bonds. The van der Waals surface area contributed by atoms with Crippen LogP contribution in [0, 0.1) is 5.92 Å². The molecule has 1 aliphatic carbocycles. The van der Waals surface area contributed by atoms with Gasteiger partial charge >= 0.3 is 0 Å². The van der Waals surface area contributed by atoms with Crippen molar-refractivity contribution in [1.82, 2.24) is 9.80 Å². The third kappa shape index (κ3) is 3.06. The standard InChI is InChI=1S/C22H30N2O2/c1-15(2)24(16(3)4)21(26)22-12-17(5)11-19(13-22)20(25)23(22)14-18-9-7-6-8-10-18/h6-10,15-16,19H,5,11-14H2,1-4H3. The quantitative estimate of drug-likeness (QED) is 0.755. The lowest BCUT2D eigenvalue weighted by Gasteiger charge is -2.44. The molecule has 3 rings (SSSR count). The molecule has 2 atom stereocenters. The Hall–Kier alpha value is -2.10. The highest BCUT2D eigenvalue weighted by molar-refractivity contribution is 5.97. The van der Waals surface area contributed by atoms with Crippen molar-refractivity contribution in [3.63, 3.8) is 0 Å². The van der Waals surface area contributed by atoms with Crippen LogP contribution in [0.4, 0.5) is 0 Å². The lowest BCUT2D eigenvalue weighted by Crippen LogP contribution is -2.60. The van der Waals surface area contributed by atoms with E-state index in [2.05, 4.69) is 6.58 Å². The monoisotopic (exact) mass is 354 g/mol. The first-order chi connectivity index (χ1) is 12.3. The highest BCUT2D eigenvalue weighted by atomic mass is 16.2. The van der Waals surface area contributed by atoms with E-state index in [1.165, 1.54) is 0 Å². The molecule has 0 N–H and O–H groups in total. The predicted molar refractivity (Wildman–Crippen MR) is 103 cm³/mol. The van der Waals surface area contributed by atoms with Gasteiger partial charge in [-0.1, -0.05) is 42.5 Å². The summed E-state index contributed by atoms with van der Waals surface area (Å²) in [6.45, 7) is 12.8. The van der Waals surface area contributed by atoms with Crippen molar-refractivity contribution in [3.8, 4) is 0 Å².